The number of amides is 1. The smallest absolute Gasteiger partial charge is 0.335 e. The Balaban J connectivity index is 1.88. The first-order valence-electron chi connectivity index (χ1n) is 7.85. The van der Waals surface area contributed by atoms with E-state index in [1.807, 2.05) is 0 Å². The topological polar surface area (TPSA) is 55.8 Å². The molecule has 21 heavy (non-hydrogen) atoms. The molecule has 0 aromatic rings. The molecule has 116 valence electrons. The Kier molecular flexibility index (Phi) is 3.78. The van der Waals surface area contributed by atoms with Crippen LogP contribution in [0.3, 0.4) is 0 Å². The molecular weight excluding hydrogens is 270 g/mol. The molecule has 2 fully saturated rings. The van der Waals surface area contributed by atoms with E-state index in [1.165, 1.54) is 0 Å². The number of carbonyl (C=O) groups is 2. The van der Waals surface area contributed by atoms with E-state index in [4.69, 9.17) is 9.47 Å². The van der Waals surface area contributed by atoms with Gasteiger partial charge in [0, 0.05) is 18.7 Å². The van der Waals surface area contributed by atoms with Crippen molar-refractivity contribution >= 4 is 11.9 Å². The number of hydrogen-bond donors (Lipinski definition) is 0. The van der Waals surface area contributed by atoms with Gasteiger partial charge in [0.2, 0.25) is 0 Å². The second kappa shape index (κ2) is 5.44. The number of rotatable bonds is 1. The van der Waals surface area contributed by atoms with Crippen molar-refractivity contribution in [3.05, 3.63) is 11.1 Å². The summed E-state index contributed by atoms with van der Waals surface area (Å²) in [5, 5.41) is 0. The van der Waals surface area contributed by atoms with Crippen LogP contribution in [0.5, 0.6) is 0 Å². The minimum atomic E-state index is -0.664. The molecule has 5 heteroatoms. The van der Waals surface area contributed by atoms with Gasteiger partial charge in [0.25, 0.3) is 5.91 Å². The third-order valence-electron chi connectivity index (χ3n) is 5.02. The molecule has 0 aromatic carbocycles. The molecule has 3 aliphatic rings. The van der Waals surface area contributed by atoms with Crippen molar-refractivity contribution in [2.75, 3.05) is 26.3 Å². The standard InChI is InChI=1S/C16H23NO4/c1-11-3-5-16(6-4-11)13(12(2)15(19)21-16)14(18)17-7-9-20-10-8-17/h11H,3-10H2,1-2H3. The highest BCUT2D eigenvalue weighted by Crippen LogP contribution is 2.45. The fraction of sp³-hybridized carbons (Fsp3) is 0.750. The number of nitrogens with zero attached hydrogens (tertiary/aromatic N) is 1. The fourth-order valence-electron chi connectivity index (χ4n) is 3.61. The maximum absolute atomic E-state index is 12.9. The SMILES string of the molecule is CC1=C(C(=O)N2CCOCC2)C2(CCC(C)CC2)OC1=O. The molecule has 1 saturated heterocycles. The number of hydrogen-bond acceptors (Lipinski definition) is 4. The van der Waals surface area contributed by atoms with Gasteiger partial charge in [0.05, 0.1) is 18.8 Å². The lowest BCUT2D eigenvalue weighted by molar-refractivity contribution is -0.151. The predicted octanol–water partition coefficient (Wildman–Crippen LogP) is 1.67. The molecular formula is C16H23NO4. The van der Waals surface area contributed by atoms with Crippen LogP contribution in [-0.2, 0) is 19.1 Å². The van der Waals surface area contributed by atoms with E-state index in [0.29, 0.717) is 43.4 Å². The Labute approximate surface area is 125 Å². The highest BCUT2D eigenvalue weighted by atomic mass is 16.6. The fourth-order valence-corrected chi connectivity index (χ4v) is 3.61. The van der Waals surface area contributed by atoms with E-state index in [2.05, 4.69) is 6.92 Å². The van der Waals surface area contributed by atoms with Crippen molar-refractivity contribution in [3.8, 4) is 0 Å². The summed E-state index contributed by atoms with van der Waals surface area (Å²) in [5.74, 6) is 0.285. The Morgan fingerprint density at radius 3 is 2.48 bits per heavy atom. The highest BCUT2D eigenvalue weighted by molar-refractivity contribution is 6.07. The predicted molar refractivity (Wildman–Crippen MR) is 76.6 cm³/mol. The van der Waals surface area contributed by atoms with E-state index < -0.39 is 5.60 Å². The van der Waals surface area contributed by atoms with Gasteiger partial charge in [0.1, 0.15) is 5.60 Å². The monoisotopic (exact) mass is 293 g/mol. The van der Waals surface area contributed by atoms with Crippen LogP contribution in [0, 0.1) is 5.92 Å². The molecule has 0 radical (unpaired) electrons. The molecule has 1 amide bonds. The van der Waals surface area contributed by atoms with Crippen LogP contribution in [0.1, 0.15) is 39.5 Å². The zero-order valence-corrected chi connectivity index (χ0v) is 12.8. The molecule has 2 heterocycles. The van der Waals surface area contributed by atoms with E-state index in [0.717, 1.165) is 25.7 Å². The van der Waals surface area contributed by atoms with Gasteiger partial charge in [-0.15, -0.1) is 0 Å². The number of carbonyl (C=O) groups excluding carboxylic acids is 2. The first-order chi connectivity index (χ1) is 10.0. The molecule has 0 N–H and O–H groups in total. The van der Waals surface area contributed by atoms with Crippen molar-refractivity contribution in [1.29, 1.82) is 0 Å². The van der Waals surface area contributed by atoms with Crippen LogP contribution >= 0.6 is 0 Å². The largest absolute Gasteiger partial charge is 0.451 e. The van der Waals surface area contributed by atoms with Crippen LogP contribution < -0.4 is 0 Å². The van der Waals surface area contributed by atoms with Crippen LogP contribution in [0.25, 0.3) is 0 Å². The third-order valence-corrected chi connectivity index (χ3v) is 5.02. The second-order valence-electron chi connectivity index (χ2n) is 6.47. The summed E-state index contributed by atoms with van der Waals surface area (Å²) >= 11 is 0. The zero-order valence-electron chi connectivity index (χ0n) is 12.8. The molecule has 3 rings (SSSR count). The van der Waals surface area contributed by atoms with Gasteiger partial charge in [-0.25, -0.2) is 4.79 Å². The molecule has 1 saturated carbocycles. The molecule has 0 aromatic heterocycles. The highest BCUT2D eigenvalue weighted by Gasteiger charge is 2.51. The van der Waals surface area contributed by atoms with Crippen LogP contribution in [0.4, 0.5) is 0 Å². The lowest BCUT2D eigenvalue weighted by atomic mass is 9.74. The van der Waals surface area contributed by atoms with Gasteiger partial charge < -0.3 is 14.4 Å². The third kappa shape index (κ3) is 2.48. The van der Waals surface area contributed by atoms with Gasteiger partial charge >= 0.3 is 5.97 Å². The Morgan fingerprint density at radius 1 is 1.24 bits per heavy atom. The quantitative estimate of drug-likeness (QED) is 0.690. The summed E-state index contributed by atoms with van der Waals surface area (Å²) < 4.78 is 11.0. The van der Waals surface area contributed by atoms with E-state index in [1.54, 1.807) is 11.8 Å². The molecule has 1 aliphatic carbocycles. The van der Waals surface area contributed by atoms with E-state index >= 15 is 0 Å². The average Bonchev–Trinajstić information content (AvgIpc) is 2.74. The minimum absolute atomic E-state index is 0.0313. The molecule has 2 aliphatic heterocycles. The zero-order chi connectivity index (χ0) is 15.0. The van der Waals surface area contributed by atoms with Gasteiger partial charge in [-0.05, 0) is 38.5 Å². The van der Waals surface area contributed by atoms with E-state index in [9.17, 15) is 9.59 Å². The molecule has 0 unspecified atom stereocenters. The van der Waals surface area contributed by atoms with Crippen molar-refractivity contribution in [2.24, 2.45) is 5.92 Å². The average molecular weight is 293 g/mol. The maximum atomic E-state index is 12.9. The minimum Gasteiger partial charge on any atom is -0.451 e. The summed E-state index contributed by atoms with van der Waals surface area (Å²) in [7, 11) is 0. The molecule has 5 nitrogen and oxygen atoms in total. The number of morpholine rings is 1. The summed E-state index contributed by atoms with van der Waals surface area (Å²) in [4.78, 5) is 26.7. The Hall–Kier alpha value is -1.36. The maximum Gasteiger partial charge on any atom is 0.335 e. The normalized spacial score (nSPS) is 33.5. The van der Waals surface area contributed by atoms with E-state index in [-0.39, 0.29) is 11.9 Å². The lowest BCUT2D eigenvalue weighted by Gasteiger charge is -2.38. The second-order valence-corrected chi connectivity index (χ2v) is 6.47. The number of esters is 1. The van der Waals surface area contributed by atoms with Gasteiger partial charge in [-0.3, -0.25) is 4.79 Å². The molecule has 0 bridgehead atoms. The van der Waals surface area contributed by atoms with Crippen molar-refractivity contribution < 1.29 is 19.1 Å². The van der Waals surface area contributed by atoms with Gasteiger partial charge in [-0.1, -0.05) is 6.92 Å². The van der Waals surface area contributed by atoms with Crippen molar-refractivity contribution in [2.45, 2.75) is 45.1 Å². The summed E-state index contributed by atoms with van der Waals surface area (Å²) in [6.07, 6.45) is 3.53. The Bertz CT molecular complexity index is 483. The summed E-state index contributed by atoms with van der Waals surface area (Å²) in [6.45, 7) is 6.26. The Morgan fingerprint density at radius 2 is 1.86 bits per heavy atom. The van der Waals surface area contributed by atoms with Crippen LogP contribution in [-0.4, -0.2) is 48.7 Å². The first kappa shape index (κ1) is 14.6. The van der Waals surface area contributed by atoms with Gasteiger partial charge in [0.15, 0.2) is 0 Å². The summed E-state index contributed by atoms with van der Waals surface area (Å²) in [5.41, 5.74) is 0.450. The van der Waals surface area contributed by atoms with Crippen molar-refractivity contribution in [3.63, 3.8) is 0 Å². The number of ether oxygens (including phenoxy) is 2. The molecule has 0 atom stereocenters. The summed E-state index contributed by atoms with van der Waals surface area (Å²) in [6, 6.07) is 0. The van der Waals surface area contributed by atoms with Gasteiger partial charge in [-0.2, -0.15) is 0 Å². The molecule has 1 spiro atoms. The lowest BCUT2D eigenvalue weighted by Crippen LogP contribution is -2.47. The van der Waals surface area contributed by atoms with Crippen LogP contribution in [0.15, 0.2) is 11.1 Å². The van der Waals surface area contributed by atoms with Crippen molar-refractivity contribution in [1.82, 2.24) is 4.90 Å². The first-order valence-corrected chi connectivity index (χ1v) is 7.85. The van der Waals surface area contributed by atoms with Crippen LogP contribution in [0.2, 0.25) is 0 Å².